The molecule has 1 aromatic carbocycles. The van der Waals surface area contributed by atoms with E-state index in [0.29, 0.717) is 24.3 Å². The van der Waals surface area contributed by atoms with Crippen molar-refractivity contribution < 1.29 is 17.9 Å². The van der Waals surface area contributed by atoms with Crippen LogP contribution >= 0.6 is 0 Å². The van der Waals surface area contributed by atoms with E-state index in [1.54, 1.807) is 31.2 Å². The molecular formula is C24H36O4S. The fraction of sp³-hybridized carbons (Fsp3) is 0.625. The van der Waals surface area contributed by atoms with Crippen molar-refractivity contribution in [1.29, 1.82) is 0 Å². The third kappa shape index (κ3) is 6.18. The molecule has 1 aliphatic rings. The maximum atomic E-state index is 13.6. The zero-order valence-electron chi connectivity index (χ0n) is 18.4. The minimum Gasteiger partial charge on any atom is -0.466 e. The van der Waals surface area contributed by atoms with Crippen LogP contribution in [0.1, 0.15) is 79.1 Å². The maximum absolute atomic E-state index is 13.6. The van der Waals surface area contributed by atoms with Gasteiger partial charge in [-0.3, -0.25) is 4.79 Å². The van der Waals surface area contributed by atoms with E-state index in [0.717, 1.165) is 44.1 Å². The third-order valence-corrected chi connectivity index (χ3v) is 8.11. The highest BCUT2D eigenvalue weighted by Crippen LogP contribution is 2.45. The van der Waals surface area contributed by atoms with Crippen molar-refractivity contribution in [3.05, 3.63) is 41.5 Å². The Kier molecular flexibility index (Phi) is 8.50. The Morgan fingerprint density at radius 1 is 1.14 bits per heavy atom. The number of unbranched alkanes of at least 4 members (excludes halogenated alkanes) is 2. The lowest BCUT2D eigenvalue weighted by Gasteiger charge is -2.39. The van der Waals surface area contributed by atoms with E-state index in [1.807, 2.05) is 6.07 Å². The summed E-state index contributed by atoms with van der Waals surface area (Å²) in [4.78, 5) is 11.9. The molecule has 0 saturated heterocycles. The van der Waals surface area contributed by atoms with Gasteiger partial charge in [0.15, 0.2) is 9.84 Å². The van der Waals surface area contributed by atoms with Gasteiger partial charge in [0.1, 0.15) is 0 Å². The van der Waals surface area contributed by atoms with E-state index < -0.39 is 15.1 Å². The van der Waals surface area contributed by atoms with Crippen LogP contribution in [-0.2, 0) is 19.4 Å². The summed E-state index contributed by atoms with van der Waals surface area (Å²) in [7, 11) is -3.47. The van der Waals surface area contributed by atoms with Crippen LogP contribution in [0.3, 0.4) is 0 Å². The fourth-order valence-electron chi connectivity index (χ4n) is 4.59. The van der Waals surface area contributed by atoms with Gasteiger partial charge in [-0.05, 0) is 69.1 Å². The topological polar surface area (TPSA) is 60.4 Å². The van der Waals surface area contributed by atoms with Crippen LogP contribution < -0.4 is 0 Å². The molecule has 0 heterocycles. The Labute approximate surface area is 176 Å². The van der Waals surface area contributed by atoms with Crippen molar-refractivity contribution in [2.45, 2.75) is 89.2 Å². The van der Waals surface area contributed by atoms with Gasteiger partial charge < -0.3 is 4.74 Å². The van der Waals surface area contributed by atoms with Crippen LogP contribution in [0.25, 0.3) is 0 Å². The Balaban J connectivity index is 2.22. The van der Waals surface area contributed by atoms with E-state index >= 15 is 0 Å². The first-order valence-corrected chi connectivity index (χ1v) is 12.4. The molecule has 1 atom stereocenters. The van der Waals surface area contributed by atoms with Crippen molar-refractivity contribution in [1.82, 2.24) is 0 Å². The summed E-state index contributed by atoms with van der Waals surface area (Å²) in [6.07, 6.45) is 6.44. The van der Waals surface area contributed by atoms with Crippen molar-refractivity contribution in [3.63, 3.8) is 0 Å². The predicted octanol–water partition coefficient (Wildman–Crippen LogP) is 5.87. The van der Waals surface area contributed by atoms with Crippen molar-refractivity contribution in [3.8, 4) is 0 Å². The molecule has 0 amide bonds. The van der Waals surface area contributed by atoms with Gasteiger partial charge in [-0.15, -0.1) is 0 Å². The monoisotopic (exact) mass is 420 g/mol. The second kappa shape index (κ2) is 10.4. The first kappa shape index (κ1) is 23.7. The zero-order valence-corrected chi connectivity index (χ0v) is 19.2. The molecule has 5 heteroatoms. The van der Waals surface area contributed by atoms with Crippen molar-refractivity contribution in [2.75, 3.05) is 6.61 Å². The number of carbonyl (C=O) groups excluding carboxylic acids is 1. The smallest absolute Gasteiger partial charge is 0.305 e. The molecule has 4 nitrogen and oxygen atoms in total. The van der Waals surface area contributed by atoms with Gasteiger partial charge in [0.2, 0.25) is 0 Å². The highest BCUT2D eigenvalue weighted by molar-refractivity contribution is 7.92. The molecule has 0 saturated carbocycles. The van der Waals surface area contributed by atoms with Crippen LogP contribution in [0.2, 0.25) is 0 Å². The second-order valence-corrected chi connectivity index (χ2v) is 10.8. The Morgan fingerprint density at radius 2 is 1.83 bits per heavy atom. The Hall–Kier alpha value is -1.62. The van der Waals surface area contributed by atoms with E-state index in [1.165, 1.54) is 5.57 Å². The molecule has 0 N–H and O–H groups in total. The normalized spacial score (nSPS) is 17.8. The summed E-state index contributed by atoms with van der Waals surface area (Å²) in [6, 6.07) is 8.83. The quantitative estimate of drug-likeness (QED) is 0.270. The van der Waals surface area contributed by atoms with Crippen LogP contribution in [-0.4, -0.2) is 26.2 Å². The van der Waals surface area contributed by atoms with Gasteiger partial charge in [0, 0.05) is 6.42 Å². The van der Waals surface area contributed by atoms with Gasteiger partial charge in [-0.1, -0.05) is 50.5 Å². The number of rotatable bonds is 10. The second-order valence-electron chi connectivity index (χ2n) is 8.68. The van der Waals surface area contributed by atoms with Gasteiger partial charge in [0.25, 0.3) is 0 Å². The van der Waals surface area contributed by atoms with Crippen LogP contribution in [0.4, 0.5) is 0 Å². The molecule has 0 radical (unpaired) electrons. The summed E-state index contributed by atoms with van der Waals surface area (Å²) >= 11 is 0. The number of esters is 1. The molecule has 29 heavy (non-hydrogen) atoms. The minimum atomic E-state index is -3.47. The van der Waals surface area contributed by atoms with Gasteiger partial charge in [-0.25, -0.2) is 8.42 Å². The number of sulfone groups is 1. The van der Waals surface area contributed by atoms with Crippen LogP contribution in [0.5, 0.6) is 0 Å². The van der Waals surface area contributed by atoms with Gasteiger partial charge in [0.05, 0.1) is 16.8 Å². The summed E-state index contributed by atoms with van der Waals surface area (Å²) in [5, 5.41) is -0.497. The van der Waals surface area contributed by atoms with E-state index in [-0.39, 0.29) is 11.4 Å². The predicted molar refractivity (Wildman–Crippen MR) is 117 cm³/mol. The van der Waals surface area contributed by atoms with Crippen molar-refractivity contribution in [2.24, 2.45) is 5.41 Å². The molecule has 2 rings (SSSR count). The van der Waals surface area contributed by atoms with E-state index in [9.17, 15) is 13.2 Å². The minimum absolute atomic E-state index is 0.111. The number of hydrogen-bond donors (Lipinski definition) is 0. The highest BCUT2D eigenvalue weighted by atomic mass is 32.2. The fourth-order valence-corrected chi connectivity index (χ4v) is 6.76. The lowest BCUT2D eigenvalue weighted by atomic mass is 9.71. The summed E-state index contributed by atoms with van der Waals surface area (Å²) in [5.74, 6) is -0.173. The average Bonchev–Trinajstić information content (AvgIpc) is 2.66. The SMILES string of the molecule is CCOC(=O)CCCCCC(C1=C(C)CCCC1(C)C)S(=O)(=O)c1ccccc1. The molecule has 1 aromatic rings. The molecule has 0 aromatic heterocycles. The van der Waals surface area contributed by atoms with Gasteiger partial charge in [-0.2, -0.15) is 0 Å². The largest absolute Gasteiger partial charge is 0.466 e. The molecule has 0 spiro atoms. The van der Waals surface area contributed by atoms with Crippen LogP contribution in [0, 0.1) is 5.41 Å². The summed E-state index contributed by atoms with van der Waals surface area (Å²) in [5.41, 5.74) is 2.23. The average molecular weight is 421 g/mol. The molecule has 1 unspecified atom stereocenters. The number of hydrogen-bond acceptors (Lipinski definition) is 4. The van der Waals surface area contributed by atoms with Gasteiger partial charge >= 0.3 is 5.97 Å². The Morgan fingerprint density at radius 3 is 2.45 bits per heavy atom. The molecular weight excluding hydrogens is 384 g/mol. The molecule has 0 fully saturated rings. The lowest BCUT2D eigenvalue weighted by Crippen LogP contribution is -2.34. The highest BCUT2D eigenvalue weighted by Gasteiger charge is 2.40. The van der Waals surface area contributed by atoms with E-state index in [4.69, 9.17) is 4.74 Å². The molecule has 162 valence electrons. The first-order valence-electron chi connectivity index (χ1n) is 10.8. The summed E-state index contributed by atoms with van der Waals surface area (Å²) in [6.45, 7) is 8.67. The Bertz CT molecular complexity index is 807. The van der Waals surface area contributed by atoms with E-state index in [2.05, 4.69) is 20.8 Å². The zero-order chi connectivity index (χ0) is 21.5. The molecule has 0 bridgehead atoms. The number of ether oxygens (including phenoxy) is 1. The lowest BCUT2D eigenvalue weighted by molar-refractivity contribution is -0.143. The molecule has 1 aliphatic carbocycles. The molecule has 0 aliphatic heterocycles. The number of benzene rings is 1. The maximum Gasteiger partial charge on any atom is 0.305 e. The first-order chi connectivity index (χ1) is 13.7. The standard InChI is InChI=1S/C24H36O4S/c1-5-28-22(25)17-11-7-10-16-21(23-19(2)13-12-18-24(23,3)4)29(26,27)20-14-8-6-9-15-20/h6,8-9,14-15,21H,5,7,10-13,16-18H2,1-4H3. The van der Waals surface area contributed by atoms with Crippen LogP contribution in [0.15, 0.2) is 46.4 Å². The third-order valence-electron chi connectivity index (χ3n) is 5.96. The number of allylic oxidation sites excluding steroid dienone is 1. The number of carbonyl (C=O) groups is 1. The summed E-state index contributed by atoms with van der Waals surface area (Å²) < 4.78 is 32.2. The van der Waals surface area contributed by atoms with Crippen molar-refractivity contribution >= 4 is 15.8 Å².